The highest BCUT2D eigenvalue weighted by molar-refractivity contribution is 6.48. The zero-order valence-corrected chi connectivity index (χ0v) is 11.7. The lowest BCUT2D eigenvalue weighted by molar-refractivity contribution is -0.143. The van der Waals surface area contributed by atoms with Gasteiger partial charge in [0.25, 0.3) is 0 Å². The summed E-state index contributed by atoms with van der Waals surface area (Å²) in [7, 11) is 0. The second-order valence-electron chi connectivity index (χ2n) is 3.78. The molecule has 20 heavy (non-hydrogen) atoms. The molecule has 0 N–H and O–H groups in total. The van der Waals surface area contributed by atoms with E-state index in [4.69, 9.17) is 34.8 Å². The Labute approximate surface area is 126 Å². The minimum Gasteiger partial charge on any atom is -0.240 e. The summed E-state index contributed by atoms with van der Waals surface area (Å²) in [6.45, 7) is 0. The molecule has 1 aromatic heterocycles. The van der Waals surface area contributed by atoms with Crippen molar-refractivity contribution in [3.63, 3.8) is 0 Å². The summed E-state index contributed by atoms with van der Waals surface area (Å²) in [5, 5.41) is 0.206. The van der Waals surface area contributed by atoms with Gasteiger partial charge in [-0.1, -0.05) is 34.8 Å². The molecule has 0 radical (unpaired) electrons. The second kappa shape index (κ2) is 5.39. The van der Waals surface area contributed by atoms with E-state index in [1.807, 2.05) is 0 Å². The smallest absolute Gasteiger partial charge is 0.240 e. The Balaban J connectivity index is 2.60. The molecule has 0 aliphatic heterocycles. The van der Waals surface area contributed by atoms with Crippen LogP contribution in [0.1, 0.15) is 5.69 Å². The van der Waals surface area contributed by atoms with E-state index in [1.54, 1.807) is 0 Å². The largest absolute Gasteiger partial charge is 0.436 e. The van der Waals surface area contributed by atoms with Crippen molar-refractivity contribution in [3.05, 3.63) is 50.8 Å². The van der Waals surface area contributed by atoms with Gasteiger partial charge in [-0.25, -0.2) is 9.37 Å². The highest BCUT2D eigenvalue weighted by atomic mass is 35.5. The Morgan fingerprint density at radius 3 is 2.00 bits per heavy atom. The number of hydrogen-bond acceptors (Lipinski definition) is 1. The lowest BCUT2D eigenvalue weighted by Crippen LogP contribution is -2.11. The quantitative estimate of drug-likeness (QED) is 0.466. The van der Waals surface area contributed by atoms with Crippen molar-refractivity contribution in [2.24, 2.45) is 0 Å². The molecule has 0 saturated carbocycles. The van der Waals surface area contributed by atoms with Crippen LogP contribution in [0.4, 0.5) is 17.6 Å². The van der Waals surface area contributed by atoms with E-state index < -0.39 is 17.7 Å². The van der Waals surface area contributed by atoms with Gasteiger partial charge in [0.05, 0.1) is 20.8 Å². The van der Waals surface area contributed by atoms with Crippen LogP contribution in [0.2, 0.25) is 15.1 Å². The maximum atomic E-state index is 13.1. The molecule has 0 aliphatic rings. The maximum absolute atomic E-state index is 13.1. The van der Waals surface area contributed by atoms with Crippen molar-refractivity contribution in [2.45, 2.75) is 6.18 Å². The first-order valence-electron chi connectivity index (χ1n) is 5.09. The van der Waals surface area contributed by atoms with Crippen LogP contribution in [-0.2, 0) is 6.18 Å². The first-order valence-corrected chi connectivity index (χ1v) is 6.22. The van der Waals surface area contributed by atoms with Crippen molar-refractivity contribution < 1.29 is 17.6 Å². The molecule has 0 bridgehead atoms. The average Bonchev–Trinajstić information content (AvgIpc) is 2.34. The van der Waals surface area contributed by atoms with Gasteiger partial charge in [-0.2, -0.15) is 13.2 Å². The van der Waals surface area contributed by atoms with E-state index in [1.165, 1.54) is 12.1 Å². The number of benzene rings is 1. The molecule has 0 atom stereocenters. The van der Waals surface area contributed by atoms with Crippen LogP contribution in [0.15, 0.2) is 24.3 Å². The molecule has 8 heteroatoms. The second-order valence-corrected chi connectivity index (χ2v) is 4.97. The summed E-state index contributed by atoms with van der Waals surface area (Å²) in [6.07, 6.45) is -4.89. The number of alkyl halides is 3. The summed E-state index contributed by atoms with van der Waals surface area (Å²) in [6, 6.07) is 4.38. The fourth-order valence-corrected chi connectivity index (χ4v) is 2.10. The Morgan fingerprint density at radius 1 is 0.950 bits per heavy atom. The van der Waals surface area contributed by atoms with Crippen LogP contribution in [0, 0.1) is 5.82 Å². The molecule has 2 aromatic rings. The average molecular weight is 345 g/mol. The van der Waals surface area contributed by atoms with Gasteiger partial charge in [0.1, 0.15) is 0 Å². The highest BCUT2D eigenvalue weighted by Crippen LogP contribution is 2.36. The Hall–Kier alpha value is -1.04. The number of aromatic nitrogens is 1. The van der Waals surface area contributed by atoms with Crippen LogP contribution >= 0.6 is 34.8 Å². The maximum Gasteiger partial charge on any atom is 0.436 e. The summed E-state index contributed by atoms with van der Waals surface area (Å²) in [5.41, 5.74) is -1.51. The summed E-state index contributed by atoms with van der Waals surface area (Å²) >= 11 is 17.3. The molecular formula is C12H4Cl3F4N. The zero-order valence-electron chi connectivity index (χ0n) is 9.40. The molecule has 0 amide bonds. The monoisotopic (exact) mass is 343 g/mol. The van der Waals surface area contributed by atoms with Crippen LogP contribution < -0.4 is 0 Å². The fourth-order valence-electron chi connectivity index (χ4n) is 1.51. The zero-order chi connectivity index (χ0) is 15.1. The van der Waals surface area contributed by atoms with Gasteiger partial charge in [0.2, 0.25) is 0 Å². The standard InChI is InChI=1S/C12H4Cl3F4N/c13-6-3-5(4-7(14)10(6)15)9-2-1-8(16)11(20-9)12(17,18)19/h1-4H. The fraction of sp³-hybridized carbons (Fsp3) is 0.0833. The molecule has 1 aromatic carbocycles. The van der Waals surface area contributed by atoms with Gasteiger partial charge in [-0.15, -0.1) is 0 Å². The SMILES string of the molecule is Fc1ccc(-c2cc(Cl)c(Cl)c(Cl)c2)nc1C(F)(F)F. The molecule has 1 heterocycles. The van der Waals surface area contributed by atoms with E-state index in [0.717, 1.165) is 6.07 Å². The number of pyridine rings is 1. The van der Waals surface area contributed by atoms with Crippen molar-refractivity contribution in [1.29, 1.82) is 0 Å². The number of halogens is 7. The number of hydrogen-bond donors (Lipinski definition) is 0. The molecule has 0 fully saturated rings. The van der Waals surface area contributed by atoms with Gasteiger partial charge in [0.15, 0.2) is 11.5 Å². The third kappa shape index (κ3) is 3.00. The molecule has 0 unspecified atom stereocenters. The Kier molecular flexibility index (Phi) is 4.14. The lowest BCUT2D eigenvalue weighted by Gasteiger charge is -2.10. The van der Waals surface area contributed by atoms with E-state index >= 15 is 0 Å². The third-order valence-electron chi connectivity index (χ3n) is 2.39. The predicted molar refractivity (Wildman–Crippen MR) is 69.7 cm³/mol. The summed E-state index contributed by atoms with van der Waals surface area (Å²) in [5.74, 6) is -1.45. The van der Waals surface area contributed by atoms with Gasteiger partial charge in [-0.05, 0) is 24.3 Å². The first-order chi connectivity index (χ1) is 9.20. The minimum atomic E-state index is -4.89. The van der Waals surface area contributed by atoms with E-state index in [0.29, 0.717) is 6.07 Å². The van der Waals surface area contributed by atoms with E-state index in [-0.39, 0.29) is 26.3 Å². The normalized spacial score (nSPS) is 11.8. The summed E-state index contributed by atoms with van der Waals surface area (Å²) in [4.78, 5) is 3.27. The molecule has 0 aliphatic carbocycles. The van der Waals surface area contributed by atoms with E-state index in [9.17, 15) is 17.6 Å². The third-order valence-corrected chi connectivity index (χ3v) is 3.59. The Bertz CT molecular complexity index is 647. The predicted octanol–water partition coefficient (Wildman–Crippen LogP) is 5.87. The molecule has 0 saturated heterocycles. The first kappa shape index (κ1) is 15.4. The van der Waals surface area contributed by atoms with Crippen LogP contribution in [0.3, 0.4) is 0 Å². The van der Waals surface area contributed by atoms with Crippen molar-refractivity contribution in [2.75, 3.05) is 0 Å². The van der Waals surface area contributed by atoms with E-state index in [2.05, 4.69) is 4.98 Å². The molecule has 1 nitrogen and oxygen atoms in total. The van der Waals surface area contributed by atoms with Crippen LogP contribution in [0.25, 0.3) is 11.3 Å². The van der Waals surface area contributed by atoms with Crippen LogP contribution in [-0.4, -0.2) is 4.98 Å². The topological polar surface area (TPSA) is 12.9 Å². The molecule has 0 spiro atoms. The minimum absolute atomic E-state index is 0.0638. The molecular weight excluding hydrogens is 340 g/mol. The Morgan fingerprint density at radius 2 is 1.50 bits per heavy atom. The van der Waals surface area contributed by atoms with Crippen LogP contribution in [0.5, 0.6) is 0 Å². The van der Waals surface area contributed by atoms with Gasteiger partial charge in [0, 0.05) is 5.56 Å². The van der Waals surface area contributed by atoms with Crippen molar-refractivity contribution in [3.8, 4) is 11.3 Å². The number of nitrogens with zero attached hydrogens (tertiary/aromatic N) is 1. The molecule has 106 valence electrons. The lowest BCUT2D eigenvalue weighted by atomic mass is 10.1. The molecule has 2 rings (SSSR count). The van der Waals surface area contributed by atoms with Gasteiger partial charge >= 0.3 is 6.18 Å². The number of rotatable bonds is 1. The van der Waals surface area contributed by atoms with Gasteiger partial charge < -0.3 is 0 Å². The summed E-state index contributed by atoms with van der Waals surface area (Å²) < 4.78 is 50.9. The van der Waals surface area contributed by atoms with Crippen molar-refractivity contribution >= 4 is 34.8 Å². The van der Waals surface area contributed by atoms with Gasteiger partial charge in [-0.3, -0.25) is 0 Å². The van der Waals surface area contributed by atoms with Crippen molar-refractivity contribution in [1.82, 2.24) is 4.98 Å². The highest BCUT2D eigenvalue weighted by Gasteiger charge is 2.36.